The molecule has 2 aliphatic rings. The molecule has 2 unspecified atom stereocenters. The van der Waals surface area contributed by atoms with Crippen LogP contribution in [0, 0.1) is 5.92 Å². The molecule has 1 saturated heterocycles. The summed E-state index contributed by atoms with van der Waals surface area (Å²) in [5.41, 5.74) is 5.76. The maximum absolute atomic E-state index is 6.24. The van der Waals surface area contributed by atoms with Crippen LogP contribution in [0.5, 0.6) is 0 Å². The Labute approximate surface area is 104 Å². The molecule has 0 bridgehead atoms. The lowest BCUT2D eigenvalue weighted by molar-refractivity contribution is 0.0677. The van der Waals surface area contributed by atoms with Gasteiger partial charge in [-0.1, -0.05) is 5.16 Å². The van der Waals surface area contributed by atoms with Crippen molar-refractivity contribution in [2.45, 2.75) is 31.4 Å². The zero-order valence-electron chi connectivity index (χ0n) is 9.89. The summed E-state index contributed by atoms with van der Waals surface area (Å²) in [6.45, 7) is 2.72. The summed E-state index contributed by atoms with van der Waals surface area (Å²) < 4.78 is 10.9. The smallest absolute Gasteiger partial charge is 0.246 e. The number of thioether (sulfide) groups is 1. The van der Waals surface area contributed by atoms with Crippen molar-refractivity contribution in [1.29, 1.82) is 0 Å². The number of nitrogens with two attached hydrogens (primary N) is 1. The van der Waals surface area contributed by atoms with Gasteiger partial charge in [-0.05, 0) is 25.7 Å². The Morgan fingerprint density at radius 1 is 1.47 bits per heavy atom. The Balaban J connectivity index is 1.77. The largest absolute Gasteiger partial charge is 0.368 e. The quantitative estimate of drug-likeness (QED) is 0.881. The molecule has 1 aromatic heterocycles. The normalized spacial score (nSPS) is 28.9. The van der Waals surface area contributed by atoms with E-state index >= 15 is 0 Å². The highest BCUT2D eigenvalue weighted by molar-refractivity contribution is 7.99. The van der Waals surface area contributed by atoms with Crippen LogP contribution >= 0.6 is 11.8 Å². The summed E-state index contributed by atoms with van der Waals surface area (Å²) in [6, 6.07) is 0. The fourth-order valence-electron chi connectivity index (χ4n) is 2.08. The van der Waals surface area contributed by atoms with Crippen molar-refractivity contribution in [3.63, 3.8) is 0 Å². The molecule has 3 rings (SSSR count). The second kappa shape index (κ2) is 4.26. The number of ether oxygens (including phenoxy) is 1. The Morgan fingerprint density at radius 2 is 2.29 bits per heavy atom. The Bertz CT molecular complexity index is 397. The van der Waals surface area contributed by atoms with Gasteiger partial charge in [-0.3, -0.25) is 0 Å². The summed E-state index contributed by atoms with van der Waals surface area (Å²) in [5.74, 6) is 3.61. The number of rotatable bonds is 3. The van der Waals surface area contributed by atoms with Crippen LogP contribution in [-0.2, 0) is 10.3 Å². The predicted octanol–water partition coefficient (Wildman–Crippen LogP) is 1.46. The molecule has 0 aromatic carbocycles. The molecule has 1 aromatic rings. The molecule has 1 aliphatic carbocycles. The monoisotopic (exact) mass is 255 g/mol. The summed E-state index contributed by atoms with van der Waals surface area (Å²) in [4.78, 5) is 4.43. The molecule has 2 fully saturated rings. The van der Waals surface area contributed by atoms with Crippen LogP contribution in [0.2, 0.25) is 0 Å². The minimum atomic E-state index is -0.479. The van der Waals surface area contributed by atoms with Crippen molar-refractivity contribution in [3.8, 4) is 0 Å². The molecule has 2 N–H and O–H groups in total. The number of hydrogen-bond acceptors (Lipinski definition) is 6. The minimum absolute atomic E-state index is 0.0405. The first-order valence-electron chi connectivity index (χ1n) is 6.00. The zero-order valence-corrected chi connectivity index (χ0v) is 10.7. The number of aromatic nitrogens is 2. The van der Waals surface area contributed by atoms with E-state index in [9.17, 15) is 0 Å². The molecule has 2 atom stereocenters. The molecule has 6 heteroatoms. The highest BCUT2D eigenvalue weighted by Gasteiger charge is 2.44. The van der Waals surface area contributed by atoms with Gasteiger partial charge in [0.2, 0.25) is 11.7 Å². The van der Waals surface area contributed by atoms with E-state index in [1.165, 1.54) is 0 Å². The van der Waals surface area contributed by atoms with Gasteiger partial charge in [0.15, 0.2) is 0 Å². The first kappa shape index (κ1) is 11.5. The van der Waals surface area contributed by atoms with Crippen molar-refractivity contribution in [2.75, 3.05) is 18.1 Å². The van der Waals surface area contributed by atoms with Gasteiger partial charge in [-0.2, -0.15) is 16.7 Å². The van der Waals surface area contributed by atoms with Gasteiger partial charge in [-0.25, -0.2) is 0 Å². The number of hydrogen-bond donors (Lipinski definition) is 1. The standard InChI is InChI=1S/C11H17N3O2S/c1-11(12,7-2-3-7)10-13-9(14-16-10)8-6-17-5-4-15-8/h7-8H,2-6,12H2,1H3. The first-order chi connectivity index (χ1) is 8.18. The molecule has 5 nitrogen and oxygen atoms in total. The average Bonchev–Trinajstić information content (AvgIpc) is 3.08. The van der Waals surface area contributed by atoms with Crippen LogP contribution in [-0.4, -0.2) is 28.3 Å². The molecular formula is C11H17N3O2S. The predicted molar refractivity (Wildman–Crippen MR) is 64.6 cm³/mol. The van der Waals surface area contributed by atoms with E-state index in [2.05, 4.69) is 10.1 Å². The highest BCUT2D eigenvalue weighted by Crippen LogP contribution is 2.43. The fourth-order valence-corrected chi connectivity index (χ4v) is 2.92. The van der Waals surface area contributed by atoms with Gasteiger partial charge in [0, 0.05) is 11.5 Å². The van der Waals surface area contributed by atoms with E-state index in [0.717, 1.165) is 31.0 Å². The van der Waals surface area contributed by atoms with Crippen LogP contribution in [0.4, 0.5) is 0 Å². The van der Waals surface area contributed by atoms with E-state index in [1.54, 1.807) is 0 Å². The zero-order chi connectivity index (χ0) is 11.9. The molecule has 1 aliphatic heterocycles. The van der Waals surface area contributed by atoms with E-state index in [0.29, 0.717) is 17.6 Å². The molecule has 0 spiro atoms. The van der Waals surface area contributed by atoms with Crippen molar-refractivity contribution in [3.05, 3.63) is 11.7 Å². The third-order valence-electron chi connectivity index (χ3n) is 3.43. The molecule has 1 saturated carbocycles. The number of nitrogens with zero attached hydrogens (tertiary/aromatic N) is 2. The van der Waals surface area contributed by atoms with Crippen molar-refractivity contribution < 1.29 is 9.26 Å². The van der Waals surface area contributed by atoms with Crippen LogP contribution in [0.15, 0.2) is 4.52 Å². The third-order valence-corrected chi connectivity index (χ3v) is 4.43. The van der Waals surface area contributed by atoms with Gasteiger partial charge in [0.1, 0.15) is 6.10 Å². The fraction of sp³-hybridized carbons (Fsp3) is 0.818. The van der Waals surface area contributed by atoms with E-state index in [1.807, 2.05) is 18.7 Å². The van der Waals surface area contributed by atoms with E-state index in [4.69, 9.17) is 15.0 Å². The highest BCUT2D eigenvalue weighted by atomic mass is 32.2. The van der Waals surface area contributed by atoms with Gasteiger partial charge < -0.3 is 15.0 Å². The van der Waals surface area contributed by atoms with Gasteiger partial charge in [0.25, 0.3) is 0 Å². The topological polar surface area (TPSA) is 74.2 Å². The van der Waals surface area contributed by atoms with E-state index in [-0.39, 0.29) is 6.10 Å². The maximum Gasteiger partial charge on any atom is 0.246 e. The third kappa shape index (κ3) is 2.21. The molecular weight excluding hydrogens is 238 g/mol. The second-order valence-electron chi connectivity index (χ2n) is 4.95. The van der Waals surface area contributed by atoms with Crippen LogP contribution in [0.1, 0.15) is 37.6 Å². The lowest BCUT2D eigenvalue weighted by atomic mass is 9.97. The Hall–Kier alpha value is -0.590. The second-order valence-corrected chi connectivity index (χ2v) is 6.10. The van der Waals surface area contributed by atoms with Crippen molar-refractivity contribution >= 4 is 11.8 Å². The Morgan fingerprint density at radius 3 is 2.94 bits per heavy atom. The molecule has 2 heterocycles. The van der Waals surface area contributed by atoms with Crippen molar-refractivity contribution in [2.24, 2.45) is 11.7 Å². The molecule has 17 heavy (non-hydrogen) atoms. The SMILES string of the molecule is CC(N)(c1nc(C2CSCCO2)no1)C1CC1. The van der Waals surface area contributed by atoms with Crippen LogP contribution in [0.3, 0.4) is 0 Å². The van der Waals surface area contributed by atoms with Crippen LogP contribution < -0.4 is 5.73 Å². The maximum atomic E-state index is 6.24. The van der Waals surface area contributed by atoms with Crippen LogP contribution in [0.25, 0.3) is 0 Å². The lowest BCUT2D eigenvalue weighted by Crippen LogP contribution is -2.35. The Kier molecular flexibility index (Phi) is 2.88. The summed E-state index contributed by atoms with van der Waals surface area (Å²) in [7, 11) is 0. The van der Waals surface area contributed by atoms with E-state index < -0.39 is 5.54 Å². The molecule has 0 amide bonds. The first-order valence-corrected chi connectivity index (χ1v) is 7.15. The van der Waals surface area contributed by atoms with Gasteiger partial charge >= 0.3 is 0 Å². The minimum Gasteiger partial charge on any atom is -0.368 e. The summed E-state index contributed by atoms with van der Waals surface area (Å²) in [6.07, 6.45) is 2.27. The summed E-state index contributed by atoms with van der Waals surface area (Å²) >= 11 is 1.86. The average molecular weight is 255 g/mol. The molecule has 0 radical (unpaired) electrons. The van der Waals surface area contributed by atoms with Crippen molar-refractivity contribution in [1.82, 2.24) is 10.1 Å². The molecule has 94 valence electrons. The van der Waals surface area contributed by atoms with Gasteiger partial charge in [0.05, 0.1) is 12.1 Å². The lowest BCUT2D eigenvalue weighted by Gasteiger charge is -2.20. The summed E-state index contributed by atoms with van der Waals surface area (Å²) in [5, 5.41) is 4.01. The van der Waals surface area contributed by atoms with Gasteiger partial charge in [-0.15, -0.1) is 0 Å².